The number of aromatic nitrogens is 2. The fourth-order valence-electron chi connectivity index (χ4n) is 2.68. The van der Waals surface area contributed by atoms with Crippen molar-refractivity contribution in [3.63, 3.8) is 0 Å². The van der Waals surface area contributed by atoms with Crippen molar-refractivity contribution in [3.8, 4) is 0 Å². The Kier molecular flexibility index (Phi) is 3.82. The van der Waals surface area contributed by atoms with Gasteiger partial charge in [0, 0.05) is 12.1 Å². The summed E-state index contributed by atoms with van der Waals surface area (Å²) in [5.41, 5.74) is 0.135. The van der Waals surface area contributed by atoms with Crippen LogP contribution in [-0.4, -0.2) is 9.13 Å². The molecule has 3 rings (SSSR count). The standard InChI is InChI=1S/C17H14ClFN2O2/c1-10(11-3-5-12(18)6-4-11)21-16(22)14-8-7-13(19)9-15(14)20(2)17(21)23/h3-10H,1-2H3/t10-/m1/s1. The van der Waals surface area contributed by atoms with Crippen molar-refractivity contribution in [2.75, 3.05) is 0 Å². The Morgan fingerprint density at radius 2 is 1.74 bits per heavy atom. The first-order chi connectivity index (χ1) is 10.9. The van der Waals surface area contributed by atoms with E-state index in [9.17, 15) is 14.0 Å². The molecule has 0 aliphatic rings. The lowest BCUT2D eigenvalue weighted by Crippen LogP contribution is -2.41. The van der Waals surface area contributed by atoms with Gasteiger partial charge in [0.05, 0.1) is 16.9 Å². The summed E-state index contributed by atoms with van der Waals surface area (Å²) < 4.78 is 15.9. The normalized spacial score (nSPS) is 12.5. The van der Waals surface area contributed by atoms with Gasteiger partial charge in [-0.05, 0) is 42.8 Å². The smallest absolute Gasteiger partial charge is 0.296 e. The maximum absolute atomic E-state index is 13.4. The zero-order valence-electron chi connectivity index (χ0n) is 12.6. The molecule has 0 bridgehead atoms. The Morgan fingerprint density at radius 3 is 2.39 bits per heavy atom. The molecule has 2 aromatic carbocycles. The van der Waals surface area contributed by atoms with E-state index >= 15 is 0 Å². The summed E-state index contributed by atoms with van der Waals surface area (Å²) in [6.07, 6.45) is 0. The Balaban J connectivity index is 2.30. The van der Waals surface area contributed by atoms with Gasteiger partial charge >= 0.3 is 5.69 Å². The van der Waals surface area contributed by atoms with Crippen LogP contribution in [0.1, 0.15) is 18.5 Å². The van der Waals surface area contributed by atoms with Crippen molar-refractivity contribution < 1.29 is 4.39 Å². The molecule has 0 N–H and O–H groups in total. The highest BCUT2D eigenvalue weighted by Gasteiger charge is 2.17. The molecular weight excluding hydrogens is 319 g/mol. The van der Waals surface area contributed by atoms with E-state index in [1.54, 1.807) is 31.2 Å². The van der Waals surface area contributed by atoms with Crippen LogP contribution in [0.5, 0.6) is 0 Å². The summed E-state index contributed by atoms with van der Waals surface area (Å²) in [6.45, 7) is 1.77. The average molecular weight is 333 g/mol. The number of halogens is 2. The van der Waals surface area contributed by atoms with Gasteiger partial charge < -0.3 is 0 Å². The zero-order valence-corrected chi connectivity index (χ0v) is 13.3. The summed E-state index contributed by atoms with van der Waals surface area (Å²) in [6, 6.07) is 10.3. The third kappa shape index (κ3) is 2.57. The molecular formula is C17H14ClFN2O2. The third-order valence-corrected chi connectivity index (χ3v) is 4.26. The second kappa shape index (κ2) is 5.66. The zero-order chi connectivity index (χ0) is 16.7. The molecule has 0 spiro atoms. The van der Waals surface area contributed by atoms with E-state index in [4.69, 9.17) is 11.6 Å². The lowest BCUT2D eigenvalue weighted by molar-refractivity contribution is 0.560. The summed E-state index contributed by atoms with van der Waals surface area (Å²) in [7, 11) is 1.52. The van der Waals surface area contributed by atoms with Crippen LogP contribution in [0, 0.1) is 5.82 Å². The summed E-state index contributed by atoms with van der Waals surface area (Å²) in [5.74, 6) is -0.490. The van der Waals surface area contributed by atoms with E-state index in [1.807, 2.05) is 0 Å². The number of fused-ring (bicyclic) bond motifs is 1. The van der Waals surface area contributed by atoms with Crippen LogP contribution in [0.2, 0.25) is 5.02 Å². The lowest BCUT2D eigenvalue weighted by atomic mass is 10.1. The van der Waals surface area contributed by atoms with Gasteiger partial charge in [-0.2, -0.15) is 0 Å². The average Bonchev–Trinajstić information content (AvgIpc) is 2.53. The topological polar surface area (TPSA) is 44.0 Å². The van der Waals surface area contributed by atoms with Gasteiger partial charge in [-0.3, -0.25) is 13.9 Å². The van der Waals surface area contributed by atoms with Crippen LogP contribution >= 0.6 is 11.6 Å². The number of benzene rings is 2. The first-order valence-corrected chi connectivity index (χ1v) is 7.44. The molecule has 4 nitrogen and oxygen atoms in total. The fraction of sp³-hybridized carbons (Fsp3) is 0.176. The Morgan fingerprint density at radius 1 is 1.09 bits per heavy atom. The number of hydrogen-bond acceptors (Lipinski definition) is 2. The Labute approximate surface area is 136 Å². The minimum Gasteiger partial charge on any atom is -0.296 e. The molecule has 3 aromatic rings. The molecule has 6 heteroatoms. The quantitative estimate of drug-likeness (QED) is 0.724. The molecule has 23 heavy (non-hydrogen) atoms. The van der Waals surface area contributed by atoms with Crippen LogP contribution in [0.4, 0.5) is 4.39 Å². The summed E-state index contributed by atoms with van der Waals surface area (Å²) in [4.78, 5) is 25.3. The number of rotatable bonds is 2. The molecule has 0 aliphatic heterocycles. The Hall–Kier alpha value is -2.40. The van der Waals surface area contributed by atoms with Crippen molar-refractivity contribution in [1.29, 1.82) is 0 Å². The van der Waals surface area contributed by atoms with Crippen LogP contribution in [0.3, 0.4) is 0 Å². The van der Waals surface area contributed by atoms with Crippen molar-refractivity contribution in [2.24, 2.45) is 7.05 Å². The van der Waals surface area contributed by atoms with Crippen molar-refractivity contribution in [3.05, 3.63) is 79.7 Å². The molecule has 1 atom stereocenters. The predicted molar refractivity (Wildman–Crippen MR) is 88.7 cm³/mol. The lowest BCUT2D eigenvalue weighted by Gasteiger charge is -2.17. The van der Waals surface area contributed by atoms with Crippen molar-refractivity contribution in [2.45, 2.75) is 13.0 Å². The molecule has 0 fully saturated rings. The molecule has 1 aromatic heterocycles. The molecule has 0 saturated heterocycles. The highest BCUT2D eigenvalue weighted by Crippen LogP contribution is 2.19. The molecule has 0 unspecified atom stereocenters. The second-order valence-corrected chi connectivity index (χ2v) is 5.84. The van der Waals surface area contributed by atoms with Crippen LogP contribution < -0.4 is 11.2 Å². The molecule has 0 amide bonds. The minimum atomic E-state index is -0.490. The van der Waals surface area contributed by atoms with E-state index in [1.165, 1.54) is 34.4 Å². The summed E-state index contributed by atoms with van der Waals surface area (Å²) in [5, 5.41) is 0.879. The second-order valence-electron chi connectivity index (χ2n) is 5.41. The molecule has 0 radical (unpaired) electrons. The molecule has 118 valence electrons. The van der Waals surface area contributed by atoms with Gasteiger partial charge in [-0.25, -0.2) is 9.18 Å². The van der Waals surface area contributed by atoms with E-state index in [-0.39, 0.29) is 5.52 Å². The molecule has 0 aliphatic carbocycles. The Bertz CT molecular complexity index is 1010. The highest BCUT2D eigenvalue weighted by molar-refractivity contribution is 6.30. The SMILES string of the molecule is C[C@H](c1ccc(Cl)cc1)n1c(=O)c2ccc(F)cc2n(C)c1=O. The largest absolute Gasteiger partial charge is 0.331 e. The number of nitrogens with zero attached hydrogens (tertiary/aromatic N) is 2. The fourth-order valence-corrected chi connectivity index (χ4v) is 2.80. The third-order valence-electron chi connectivity index (χ3n) is 4.00. The van der Waals surface area contributed by atoms with E-state index < -0.39 is 23.1 Å². The van der Waals surface area contributed by atoms with Gasteiger partial charge in [-0.1, -0.05) is 23.7 Å². The van der Waals surface area contributed by atoms with Gasteiger partial charge in [0.1, 0.15) is 5.82 Å². The molecule has 0 saturated carbocycles. The van der Waals surface area contributed by atoms with Crippen LogP contribution in [0.15, 0.2) is 52.1 Å². The van der Waals surface area contributed by atoms with Gasteiger partial charge in [0.15, 0.2) is 0 Å². The first-order valence-electron chi connectivity index (χ1n) is 7.06. The maximum Gasteiger partial charge on any atom is 0.331 e. The number of hydrogen-bond donors (Lipinski definition) is 0. The monoisotopic (exact) mass is 332 g/mol. The predicted octanol–water partition coefficient (Wildman–Crippen LogP) is 3.10. The van der Waals surface area contributed by atoms with E-state index in [0.29, 0.717) is 10.4 Å². The van der Waals surface area contributed by atoms with E-state index in [2.05, 4.69) is 0 Å². The first kappa shape index (κ1) is 15.5. The van der Waals surface area contributed by atoms with Gasteiger partial charge in [0.25, 0.3) is 5.56 Å². The van der Waals surface area contributed by atoms with E-state index in [0.717, 1.165) is 5.56 Å². The number of aryl methyl sites for hydroxylation is 1. The summed E-state index contributed by atoms with van der Waals surface area (Å²) >= 11 is 5.87. The van der Waals surface area contributed by atoms with Crippen molar-refractivity contribution >= 4 is 22.5 Å². The minimum absolute atomic E-state index is 0.277. The van der Waals surface area contributed by atoms with Crippen molar-refractivity contribution in [1.82, 2.24) is 9.13 Å². The van der Waals surface area contributed by atoms with Gasteiger partial charge in [0.2, 0.25) is 0 Å². The highest BCUT2D eigenvalue weighted by atomic mass is 35.5. The maximum atomic E-state index is 13.4. The van der Waals surface area contributed by atoms with Crippen LogP contribution in [-0.2, 0) is 7.05 Å². The van der Waals surface area contributed by atoms with Crippen LogP contribution in [0.25, 0.3) is 10.9 Å². The molecule has 1 heterocycles. The van der Waals surface area contributed by atoms with Gasteiger partial charge in [-0.15, -0.1) is 0 Å².